The maximum absolute atomic E-state index is 5.28. The minimum absolute atomic E-state index is 0.558. The Hall–Kier alpha value is -1.33. The normalized spacial score (nSPS) is 14.5. The molecule has 2 aromatic rings. The van der Waals surface area contributed by atoms with Gasteiger partial charge in [0, 0.05) is 17.4 Å². The summed E-state index contributed by atoms with van der Waals surface area (Å²) in [4.78, 5) is 5.68. The number of nitrogens with one attached hydrogen (secondary N) is 1. The molecule has 0 amide bonds. The van der Waals surface area contributed by atoms with Gasteiger partial charge in [0.25, 0.3) is 0 Å². The van der Waals surface area contributed by atoms with Crippen molar-refractivity contribution in [3.8, 4) is 0 Å². The molecule has 0 radical (unpaired) electrons. The Balaban J connectivity index is 1.47. The largest absolute Gasteiger partial charge is 0.338 e. The van der Waals surface area contributed by atoms with Crippen LogP contribution in [0.15, 0.2) is 33.7 Å². The van der Waals surface area contributed by atoms with Crippen LogP contribution in [-0.2, 0) is 12.3 Å². The summed E-state index contributed by atoms with van der Waals surface area (Å²) in [5, 5.41) is 7.45. The Bertz CT molecular complexity index is 563. The second-order valence-corrected chi connectivity index (χ2v) is 6.48. The lowest BCUT2D eigenvalue weighted by Gasteiger charge is -2.04. The van der Waals surface area contributed by atoms with Crippen LogP contribution in [0.25, 0.3) is 0 Å². The molecule has 1 saturated carbocycles. The monoisotopic (exact) mass is 303 g/mol. The standard InChI is InChI=1S/C16H21N3OS/c1-2-9-17-10-12-3-7-14(8-4-12)21-11-15-18-16(19-20-15)13-5-6-13/h3-4,7-8,13,17H,2,5-6,9-11H2,1H3. The summed E-state index contributed by atoms with van der Waals surface area (Å²) in [5.74, 6) is 2.92. The first kappa shape index (κ1) is 14.6. The predicted molar refractivity (Wildman–Crippen MR) is 84.3 cm³/mol. The number of hydrogen-bond donors (Lipinski definition) is 1. The van der Waals surface area contributed by atoms with E-state index in [4.69, 9.17) is 4.52 Å². The van der Waals surface area contributed by atoms with Crippen molar-refractivity contribution in [2.45, 2.75) is 49.3 Å². The Morgan fingerprint density at radius 2 is 2.10 bits per heavy atom. The predicted octanol–water partition coefficient (Wildman–Crippen LogP) is 3.74. The molecule has 0 saturated heterocycles. The number of benzene rings is 1. The van der Waals surface area contributed by atoms with E-state index < -0.39 is 0 Å². The quantitative estimate of drug-likeness (QED) is 0.594. The van der Waals surface area contributed by atoms with Crippen LogP contribution < -0.4 is 5.32 Å². The van der Waals surface area contributed by atoms with Crippen LogP contribution in [-0.4, -0.2) is 16.7 Å². The van der Waals surface area contributed by atoms with Gasteiger partial charge in [0.15, 0.2) is 5.82 Å². The fraction of sp³-hybridized carbons (Fsp3) is 0.500. The summed E-state index contributed by atoms with van der Waals surface area (Å²) in [6, 6.07) is 8.67. The second kappa shape index (κ2) is 7.09. The molecule has 1 aliphatic rings. The van der Waals surface area contributed by atoms with Gasteiger partial charge in [0.2, 0.25) is 5.89 Å². The van der Waals surface area contributed by atoms with Crippen LogP contribution in [0.2, 0.25) is 0 Å². The van der Waals surface area contributed by atoms with Crippen molar-refractivity contribution < 1.29 is 4.52 Å². The van der Waals surface area contributed by atoms with Gasteiger partial charge in [-0.25, -0.2) is 0 Å². The van der Waals surface area contributed by atoms with E-state index in [2.05, 4.69) is 46.6 Å². The number of nitrogens with zero attached hydrogens (tertiary/aromatic N) is 2. The summed E-state index contributed by atoms with van der Waals surface area (Å²) in [6.45, 7) is 4.18. The van der Waals surface area contributed by atoms with Crippen molar-refractivity contribution >= 4 is 11.8 Å². The highest BCUT2D eigenvalue weighted by Crippen LogP contribution is 2.38. The lowest BCUT2D eigenvalue weighted by atomic mass is 10.2. The van der Waals surface area contributed by atoms with Crippen LogP contribution in [0.4, 0.5) is 0 Å². The van der Waals surface area contributed by atoms with E-state index in [9.17, 15) is 0 Å². The molecule has 1 N–H and O–H groups in total. The van der Waals surface area contributed by atoms with E-state index in [1.54, 1.807) is 11.8 Å². The number of rotatable bonds is 8. The average molecular weight is 303 g/mol. The van der Waals surface area contributed by atoms with Gasteiger partial charge in [-0.05, 0) is 43.5 Å². The first-order valence-corrected chi connectivity index (χ1v) is 8.58. The summed E-state index contributed by atoms with van der Waals surface area (Å²) in [6.07, 6.45) is 3.58. The van der Waals surface area contributed by atoms with E-state index in [-0.39, 0.29) is 0 Å². The van der Waals surface area contributed by atoms with Gasteiger partial charge < -0.3 is 9.84 Å². The molecule has 4 nitrogen and oxygen atoms in total. The molecular formula is C16H21N3OS. The summed E-state index contributed by atoms with van der Waals surface area (Å²) < 4.78 is 5.28. The molecule has 1 fully saturated rings. The van der Waals surface area contributed by atoms with Crippen LogP contribution in [0.1, 0.15) is 49.4 Å². The Labute approximate surface area is 129 Å². The van der Waals surface area contributed by atoms with Gasteiger partial charge in [-0.1, -0.05) is 24.2 Å². The highest BCUT2D eigenvalue weighted by molar-refractivity contribution is 7.98. The molecule has 0 unspecified atom stereocenters. The van der Waals surface area contributed by atoms with Crippen molar-refractivity contribution in [3.63, 3.8) is 0 Å². The zero-order valence-corrected chi connectivity index (χ0v) is 13.2. The van der Waals surface area contributed by atoms with E-state index in [0.717, 1.165) is 30.6 Å². The van der Waals surface area contributed by atoms with Crippen molar-refractivity contribution in [3.05, 3.63) is 41.5 Å². The Morgan fingerprint density at radius 1 is 1.29 bits per heavy atom. The molecule has 3 rings (SSSR count). The molecule has 1 aromatic carbocycles. The highest BCUT2D eigenvalue weighted by atomic mass is 32.2. The highest BCUT2D eigenvalue weighted by Gasteiger charge is 2.28. The second-order valence-electron chi connectivity index (χ2n) is 5.43. The van der Waals surface area contributed by atoms with E-state index in [1.165, 1.54) is 29.7 Å². The summed E-state index contributed by atoms with van der Waals surface area (Å²) in [7, 11) is 0. The van der Waals surface area contributed by atoms with Gasteiger partial charge in [-0.2, -0.15) is 4.98 Å². The molecule has 1 aromatic heterocycles. The first-order chi connectivity index (χ1) is 10.3. The van der Waals surface area contributed by atoms with Crippen molar-refractivity contribution in [1.82, 2.24) is 15.5 Å². The minimum atomic E-state index is 0.558. The van der Waals surface area contributed by atoms with E-state index >= 15 is 0 Å². The molecule has 0 spiro atoms. The molecule has 0 aliphatic heterocycles. The molecule has 0 bridgehead atoms. The lowest BCUT2D eigenvalue weighted by molar-refractivity contribution is 0.385. The van der Waals surface area contributed by atoms with Crippen molar-refractivity contribution in [1.29, 1.82) is 0 Å². The van der Waals surface area contributed by atoms with Crippen LogP contribution >= 0.6 is 11.8 Å². The Morgan fingerprint density at radius 3 is 2.81 bits per heavy atom. The van der Waals surface area contributed by atoms with Gasteiger partial charge in [0.1, 0.15) is 0 Å². The molecule has 112 valence electrons. The molecule has 1 aliphatic carbocycles. The molecule has 1 heterocycles. The van der Waals surface area contributed by atoms with Crippen LogP contribution in [0.5, 0.6) is 0 Å². The maximum Gasteiger partial charge on any atom is 0.237 e. The third-order valence-electron chi connectivity index (χ3n) is 3.47. The molecule has 21 heavy (non-hydrogen) atoms. The summed E-state index contributed by atoms with van der Waals surface area (Å²) in [5.41, 5.74) is 1.32. The van der Waals surface area contributed by atoms with Gasteiger partial charge >= 0.3 is 0 Å². The smallest absolute Gasteiger partial charge is 0.237 e. The third-order valence-corrected chi connectivity index (χ3v) is 4.46. The topological polar surface area (TPSA) is 51.0 Å². The zero-order valence-electron chi connectivity index (χ0n) is 12.3. The first-order valence-electron chi connectivity index (χ1n) is 7.60. The van der Waals surface area contributed by atoms with E-state index in [1.807, 2.05) is 0 Å². The Kier molecular flexibility index (Phi) is 4.93. The fourth-order valence-corrected chi connectivity index (χ4v) is 2.83. The number of hydrogen-bond acceptors (Lipinski definition) is 5. The zero-order chi connectivity index (χ0) is 14.5. The maximum atomic E-state index is 5.28. The van der Waals surface area contributed by atoms with Crippen molar-refractivity contribution in [2.24, 2.45) is 0 Å². The van der Waals surface area contributed by atoms with E-state index in [0.29, 0.717) is 5.92 Å². The lowest BCUT2D eigenvalue weighted by Crippen LogP contribution is -2.13. The van der Waals surface area contributed by atoms with Crippen LogP contribution in [0.3, 0.4) is 0 Å². The van der Waals surface area contributed by atoms with Gasteiger partial charge in [0.05, 0.1) is 5.75 Å². The number of aromatic nitrogens is 2. The molecule has 5 heteroatoms. The van der Waals surface area contributed by atoms with Crippen LogP contribution in [0, 0.1) is 0 Å². The fourth-order valence-electron chi connectivity index (χ4n) is 2.09. The molecule has 0 atom stereocenters. The molecular weight excluding hydrogens is 282 g/mol. The minimum Gasteiger partial charge on any atom is -0.338 e. The van der Waals surface area contributed by atoms with Gasteiger partial charge in [-0.15, -0.1) is 11.8 Å². The number of thioether (sulfide) groups is 1. The van der Waals surface area contributed by atoms with Crippen molar-refractivity contribution in [2.75, 3.05) is 6.54 Å². The SMILES string of the molecule is CCCNCc1ccc(SCc2nc(C3CC3)no2)cc1. The summed E-state index contributed by atoms with van der Waals surface area (Å²) >= 11 is 1.74. The van der Waals surface area contributed by atoms with Gasteiger partial charge in [-0.3, -0.25) is 0 Å². The average Bonchev–Trinajstić information content (AvgIpc) is 3.26. The third kappa shape index (κ3) is 4.32.